The Balaban J connectivity index is 2.30. The van der Waals surface area contributed by atoms with Gasteiger partial charge in [-0.15, -0.1) is 0 Å². The second-order valence-electron chi connectivity index (χ2n) is 3.37. The number of rotatable bonds is 3. The van der Waals surface area contributed by atoms with E-state index in [4.69, 9.17) is 22.1 Å². The zero-order chi connectivity index (χ0) is 13.1. The topological polar surface area (TPSA) is 91.3 Å². The summed E-state index contributed by atoms with van der Waals surface area (Å²) < 4.78 is 5.38. The number of ether oxygens (including phenoxy) is 1. The predicted molar refractivity (Wildman–Crippen MR) is 66.8 cm³/mol. The lowest BCUT2D eigenvalue weighted by Crippen LogP contribution is -1.95. The standard InChI is InChI=1S/C11H8ClN3O3/c12-8-6-7(15(16)17)3-4-10(8)18-11-9(13)2-1-5-14-11/h1-6H,13H2. The number of non-ortho nitro benzene ring substituents is 1. The number of nitrogens with two attached hydrogens (primary N) is 1. The van der Waals surface area contributed by atoms with E-state index in [2.05, 4.69) is 4.98 Å². The molecule has 1 heterocycles. The van der Waals surface area contributed by atoms with Crippen molar-refractivity contribution in [3.05, 3.63) is 51.7 Å². The minimum absolute atomic E-state index is 0.110. The summed E-state index contributed by atoms with van der Waals surface area (Å²) in [6, 6.07) is 7.19. The van der Waals surface area contributed by atoms with Crippen LogP contribution in [-0.4, -0.2) is 9.91 Å². The SMILES string of the molecule is Nc1cccnc1Oc1ccc([N+](=O)[O-])cc1Cl. The Labute approximate surface area is 107 Å². The third-order valence-corrected chi connectivity index (χ3v) is 2.43. The highest BCUT2D eigenvalue weighted by Crippen LogP contribution is 2.33. The minimum Gasteiger partial charge on any atom is -0.435 e. The van der Waals surface area contributed by atoms with Crippen LogP contribution in [-0.2, 0) is 0 Å². The molecular weight excluding hydrogens is 258 g/mol. The van der Waals surface area contributed by atoms with Crippen molar-refractivity contribution in [3.8, 4) is 11.6 Å². The van der Waals surface area contributed by atoms with Crippen LogP contribution in [0.1, 0.15) is 0 Å². The summed E-state index contributed by atoms with van der Waals surface area (Å²) in [4.78, 5) is 13.9. The maximum absolute atomic E-state index is 10.6. The lowest BCUT2D eigenvalue weighted by Gasteiger charge is -2.07. The Morgan fingerprint density at radius 2 is 2.17 bits per heavy atom. The van der Waals surface area contributed by atoms with Crippen LogP contribution in [0.4, 0.5) is 11.4 Å². The molecule has 7 heteroatoms. The number of nitro benzene ring substituents is 1. The first-order valence-electron chi connectivity index (χ1n) is 4.90. The van der Waals surface area contributed by atoms with Crippen molar-refractivity contribution in [3.63, 3.8) is 0 Å². The van der Waals surface area contributed by atoms with E-state index in [1.54, 1.807) is 12.1 Å². The number of hydrogen-bond donors (Lipinski definition) is 1. The van der Waals surface area contributed by atoms with Gasteiger partial charge < -0.3 is 10.5 Å². The average molecular weight is 266 g/mol. The van der Waals surface area contributed by atoms with Crippen LogP contribution < -0.4 is 10.5 Å². The Morgan fingerprint density at radius 3 is 2.78 bits per heavy atom. The van der Waals surface area contributed by atoms with Crippen molar-refractivity contribution in [2.24, 2.45) is 0 Å². The predicted octanol–water partition coefficient (Wildman–Crippen LogP) is 3.02. The van der Waals surface area contributed by atoms with Gasteiger partial charge in [-0.05, 0) is 18.2 Å². The second kappa shape index (κ2) is 4.89. The molecule has 6 nitrogen and oxygen atoms in total. The molecule has 2 aromatic rings. The summed E-state index contributed by atoms with van der Waals surface area (Å²) in [7, 11) is 0. The molecular formula is C11H8ClN3O3. The van der Waals surface area contributed by atoms with Crippen molar-refractivity contribution in [2.45, 2.75) is 0 Å². The van der Waals surface area contributed by atoms with Crippen LogP contribution in [0, 0.1) is 10.1 Å². The fraction of sp³-hybridized carbons (Fsp3) is 0. The molecule has 1 aromatic heterocycles. The molecule has 0 saturated heterocycles. The first-order valence-corrected chi connectivity index (χ1v) is 5.28. The zero-order valence-corrected chi connectivity index (χ0v) is 9.79. The van der Waals surface area contributed by atoms with Crippen LogP contribution in [0.2, 0.25) is 5.02 Å². The van der Waals surface area contributed by atoms with Crippen molar-refractivity contribution < 1.29 is 9.66 Å². The number of pyridine rings is 1. The molecule has 0 radical (unpaired) electrons. The molecule has 0 saturated carbocycles. The maximum Gasteiger partial charge on any atom is 0.271 e. The van der Waals surface area contributed by atoms with Crippen LogP contribution in [0.3, 0.4) is 0 Å². The molecule has 0 unspecified atom stereocenters. The average Bonchev–Trinajstić information content (AvgIpc) is 2.34. The normalized spacial score (nSPS) is 10.1. The number of nitrogen functional groups attached to an aromatic ring is 1. The summed E-state index contributed by atoms with van der Waals surface area (Å²) in [5.74, 6) is 0.459. The fourth-order valence-corrected chi connectivity index (χ4v) is 1.49. The Hall–Kier alpha value is -2.34. The van der Waals surface area contributed by atoms with Crippen LogP contribution in [0.25, 0.3) is 0 Å². The van der Waals surface area contributed by atoms with E-state index in [-0.39, 0.29) is 22.3 Å². The number of hydrogen-bond acceptors (Lipinski definition) is 5. The number of nitro groups is 1. The molecule has 0 amide bonds. The van der Waals surface area contributed by atoms with E-state index < -0.39 is 4.92 Å². The van der Waals surface area contributed by atoms with Gasteiger partial charge in [-0.2, -0.15) is 0 Å². The zero-order valence-electron chi connectivity index (χ0n) is 9.04. The summed E-state index contributed by atoms with van der Waals surface area (Å²) in [6.45, 7) is 0. The summed E-state index contributed by atoms with van der Waals surface area (Å²) in [6.07, 6.45) is 1.52. The van der Waals surface area contributed by atoms with Gasteiger partial charge >= 0.3 is 0 Å². The Kier molecular flexibility index (Phi) is 3.29. The van der Waals surface area contributed by atoms with E-state index in [0.29, 0.717) is 5.69 Å². The monoisotopic (exact) mass is 265 g/mol. The van der Waals surface area contributed by atoms with Gasteiger partial charge in [0, 0.05) is 18.3 Å². The molecule has 1 aromatic carbocycles. The first kappa shape index (κ1) is 12.1. The number of aromatic nitrogens is 1. The number of halogens is 1. The van der Waals surface area contributed by atoms with Gasteiger partial charge in [-0.1, -0.05) is 11.6 Å². The molecule has 0 aliphatic heterocycles. The highest BCUT2D eigenvalue weighted by atomic mass is 35.5. The van der Waals surface area contributed by atoms with E-state index in [1.165, 1.54) is 24.4 Å². The van der Waals surface area contributed by atoms with E-state index in [0.717, 1.165) is 0 Å². The number of anilines is 1. The van der Waals surface area contributed by atoms with Crippen molar-refractivity contribution in [2.75, 3.05) is 5.73 Å². The third-order valence-electron chi connectivity index (χ3n) is 2.13. The molecule has 0 fully saturated rings. The molecule has 0 spiro atoms. The van der Waals surface area contributed by atoms with E-state index in [1.807, 2.05) is 0 Å². The second-order valence-corrected chi connectivity index (χ2v) is 3.78. The number of benzene rings is 1. The first-order chi connectivity index (χ1) is 8.58. The van der Waals surface area contributed by atoms with Gasteiger partial charge in [-0.25, -0.2) is 4.98 Å². The van der Waals surface area contributed by atoms with Crippen molar-refractivity contribution >= 4 is 23.0 Å². The Bertz CT molecular complexity index is 604. The van der Waals surface area contributed by atoms with E-state index in [9.17, 15) is 10.1 Å². The van der Waals surface area contributed by atoms with Crippen molar-refractivity contribution in [1.82, 2.24) is 4.98 Å². The molecule has 0 aliphatic rings. The third kappa shape index (κ3) is 2.49. The fourth-order valence-electron chi connectivity index (χ4n) is 1.28. The lowest BCUT2D eigenvalue weighted by molar-refractivity contribution is -0.384. The van der Waals surface area contributed by atoms with E-state index >= 15 is 0 Å². The Morgan fingerprint density at radius 1 is 1.39 bits per heavy atom. The van der Waals surface area contributed by atoms with Gasteiger partial charge in [0.1, 0.15) is 5.75 Å². The minimum atomic E-state index is -0.537. The van der Waals surface area contributed by atoms with Gasteiger partial charge in [-0.3, -0.25) is 10.1 Å². The van der Waals surface area contributed by atoms with Crippen LogP contribution in [0.15, 0.2) is 36.5 Å². The smallest absolute Gasteiger partial charge is 0.271 e. The summed E-state index contributed by atoms with van der Waals surface area (Å²) in [5, 5.41) is 10.7. The van der Waals surface area contributed by atoms with Crippen molar-refractivity contribution in [1.29, 1.82) is 0 Å². The molecule has 0 bridgehead atoms. The van der Waals surface area contributed by atoms with Crippen LogP contribution in [0.5, 0.6) is 11.6 Å². The quantitative estimate of drug-likeness (QED) is 0.680. The number of nitrogens with zero attached hydrogens (tertiary/aromatic N) is 2. The molecule has 2 rings (SSSR count). The molecule has 2 N–H and O–H groups in total. The molecule has 0 atom stereocenters. The molecule has 92 valence electrons. The molecule has 18 heavy (non-hydrogen) atoms. The highest BCUT2D eigenvalue weighted by molar-refractivity contribution is 6.32. The summed E-state index contributed by atoms with van der Waals surface area (Å²) in [5.41, 5.74) is 5.90. The summed E-state index contributed by atoms with van der Waals surface area (Å²) >= 11 is 5.88. The van der Waals surface area contributed by atoms with Crippen LogP contribution >= 0.6 is 11.6 Å². The van der Waals surface area contributed by atoms with Gasteiger partial charge in [0.25, 0.3) is 5.69 Å². The highest BCUT2D eigenvalue weighted by Gasteiger charge is 2.12. The maximum atomic E-state index is 10.6. The van der Waals surface area contributed by atoms with Gasteiger partial charge in [0.15, 0.2) is 0 Å². The largest absolute Gasteiger partial charge is 0.435 e. The van der Waals surface area contributed by atoms with Gasteiger partial charge in [0.05, 0.1) is 15.6 Å². The molecule has 0 aliphatic carbocycles. The lowest BCUT2D eigenvalue weighted by atomic mass is 10.3. The van der Waals surface area contributed by atoms with Gasteiger partial charge in [0.2, 0.25) is 5.88 Å².